The number of para-hydroxylation sites is 1. The molecule has 0 fully saturated rings. The van der Waals surface area contributed by atoms with Crippen LogP contribution in [0.2, 0.25) is 0 Å². The van der Waals surface area contributed by atoms with Gasteiger partial charge < -0.3 is 5.32 Å². The second-order valence-corrected chi connectivity index (χ2v) is 5.66. The van der Waals surface area contributed by atoms with Gasteiger partial charge in [-0.15, -0.1) is 0 Å². The number of hydrogen-bond donors (Lipinski definition) is 2. The van der Waals surface area contributed by atoms with Crippen molar-refractivity contribution in [3.05, 3.63) is 71.7 Å². The van der Waals surface area contributed by atoms with Gasteiger partial charge in [0.05, 0.1) is 11.2 Å². The third kappa shape index (κ3) is 3.55. The van der Waals surface area contributed by atoms with Gasteiger partial charge in [-0.25, -0.2) is 4.39 Å². The van der Waals surface area contributed by atoms with Gasteiger partial charge in [0, 0.05) is 16.6 Å². The van der Waals surface area contributed by atoms with E-state index in [0.29, 0.717) is 5.69 Å². The van der Waals surface area contributed by atoms with Crippen molar-refractivity contribution in [2.75, 3.05) is 5.32 Å². The van der Waals surface area contributed by atoms with Gasteiger partial charge in [-0.3, -0.25) is 15.1 Å². The molecule has 2 N–H and O–H groups in total. The largest absolute Gasteiger partial charge is 0.331 e. The van der Waals surface area contributed by atoms with Crippen LogP contribution in [0.1, 0.15) is 16.1 Å². The highest BCUT2D eigenvalue weighted by atomic mass is 32.1. The van der Waals surface area contributed by atoms with Crippen LogP contribution in [-0.4, -0.2) is 16.0 Å². The van der Waals surface area contributed by atoms with Crippen molar-refractivity contribution in [2.45, 2.75) is 6.92 Å². The summed E-state index contributed by atoms with van der Waals surface area (Å²) in [6, 6.07) is 15.0. The second kappa shape index (κ2) is 6.72. The molecule has 4 nitrogen and oxygen atoms in total. The molecule has 0 aliphatic rings. The number of rotatable bonds is 2. The zero-order valence-corrected chi connectivity index (χ0v) is 13.7. The molecule has 1 amide bonds. The SMILES string of the molecule is Cc1ccc2cccc(NC(=S)NC(=O)c3cccc(F)c3)c2n1. The Kier molecular flexibility index (Phi) is 4.48. The molecule has 0 bridgehead atoms. The first-order valence-corrected chi connectivity index (χ1v) is 7.68. The number of aryl methyl sites for hydroxylation is 1. The Labute approximate surface area is 143 Å². The summed E-state index contributed by atoms with van der Waals surface area (Å²) >= 11 is 5.18. The van der Waals surface area contributed by atoms with Crippen LogP contribution < -0.4 is 10.6 Å². The van der Waals surface area contributed by atoms with Crippen molar-refractivity contribution in [3.8, 4) is 0 Å². The summed E-state index contributed by atoms with van der Waals surface area (Å²) in [6.07, 6.45) is 0. The first-order valence-electron chi connectivity index (χ1n) is 7.27. The molecule has 2 aromatic carbocycles. The number of hydrogen-bond acceptors (Lipinski definition) is 3. The summed E-state index contributed by atoms with van der Waals surface area (Å²) in [5.74, 6) is -0.952. The van der Waals surface area contributed by atoms with E-state index < -0.39 is 11.7 Å². The Balaban J connectivity index is 1.78. The molecule has 6 heteroatoms. The minimum atomic E-state index is -0.477. The lowest BCUT2D eigenvalue weighted by Gasteiger charge is -2.11. The van der Waals surface area contributed by atoms with E-state index in [9.17, 15) is 9.18 Å². The second-order valence-electron chi connectivity index (χ2n) is 5.25. The number of thiocarbonyl (C=S) groups is 1. The number of fused-ring (bicyclic) bond motifs is 1. The molecule has 0 saturated carbocycles. The lowest BCUT2D eigenvalue weighted by Crippen LogP contribution is -2.34. The summed E-state index contributed by atoms with van der Waals surface area (Å²) in [4.78, 5) is 16.6. The van der Waals surface area contributed by atoms with Crippen molar-refractivity contribution in [1.82, 2.24) is 10.3 Å². The van der Waals surface area contributed by atoms with Crippen molar-refractivity contribution < 1.29 is 9.18 Å². The highest BCUT2D eigenvalue weighted by Gasteiger charge is 2.10. The average Bonchev–Trinajstić information content (AvgIpc) is 2.55. The molecule has 0 aliphatic carbocycles. The van der Waals surface area contributed by atoms with E-state index in [1.54, 1.807) is 0 Å². The number of halogens is 1. The summed E-state index contributed by atoms with van der Waals surface area (Å²) in [7, 11) is 0. The predicted octanol–water partition coefficient (Wildman–Crippen LogP) is 3.81. The first-order chi connectivity index (χ1) is 11.5. The number of pyridine rings is 1. The van der Waals surface area contributed by atoms with Gasteiger partial charge in [-0.2, -0.15) is 0 Å². The van der Waals surface area contributed by atoms with E-state index in [4.69, 9.17) is 12.2 Å². The van der Waals surface area contributed by atoms with Crippen LogP contribution in [0.25, 0.3) is 10.9 Å². The van der Waals surface area contributed by atoms with E-state index >= 15 is 0 Å². The standard InChI is InChI=1S/C18H14FN3OS/c1-11-8-9-12-4-3-7-15(16(12)20-11)21-18(24)22-17(23)13-5-2-6-14(19)10-13/h2-10H,1H3,(H2,21,22,23,24). The molecule has 120 valence electrons. The summed E-state index contributed by atoms with van der Waals surface area (Å²) < 4.78 is 13.2. The van der Waals surface area contributed by atoms with Gasteiger partial charge in [0.25, 0.3) is 5.91 Å². The lowest BCUT2D eigenvalue weighted by atomic mass is 10.2. The predicted molar refractivity (Wildman–Crippen MR) is 96.6 cm³/mol. The number of anilines is 1. The number of benzene rings is 2. The first kappa shape index (κ1) is 16.0. The average molecular weight is 339 g/mol. The molecule has 0 unspecified atom stereocenters. The molecule has 3 rings (SSSR count). The summed E-state index contributed by atoms with van der Waals surface area (Å²) in [6.45, 7) is 1.90. The molecular formula is C18H14FN3OS. The lowest BCUT2D eigenvalue weighted by molar-refractivity contribution is 0.0977. The normalized spacial score (nSPS) is 10.4. The molecule has 0 aliphatic heterocycles. The maximum Gasteiger partial charge on any atom is 0.257 e. The maximum atomic E-state index is 13.2. The molecular weight excluding hydrogens is 325 g/mol. The molecule has 3 aromatic rings. The minimum Gasteiger partial charge on any atom is -0.331 e. The Hall–Kier alpha value is -2.86. The van der Waals surface area contributed by atoms with Gasteiger partial charge in [0.1, 0.15) is 5.82 Å². The molecule has 0 atom stereocenters. The molecule has 24 heavy (non-hydrogen) atoms. The van der Waals surface area contributed by atoms with Crippen LogP contribution in [-0.2, 0) is 0 Å². The Morgan fingerprint density at radius 3 is 2.71 bits per heavy atom. The Bertz CT molecular complexity index is 942. The number of amides is 1. The fourth-order valence-corrected chi connectivity index (χ4v) is 2.51. The van der Waals surface area contributed by atoms with Gasteiger partial charge in [-0.1, -0.05) is 24.3 Å². The third-order valence-corrected chi connectivity index (χ3v) is 3.63. The van der Waals surface area contributed by atoms with E-state index in [1.807, 2.05) is 37.3 Å². The van der Waals surface area contributed by atoms with Crippen molar-refractivity contribution in [3.63, 3.8) is 0 Å². The highest BCUT2D eigenvalue weighted by molar-refractivity contribution is 7.80. The topological polar surface area (TPSA) is 54.0 Å². The maximum absolute atomic E-state index is 13.2. The van der Waals surface area contributed by atoms with Crippen molar-refractivity contribution in [1.29, 1.82) is 0 Å². The quantitative estimate of drug-likeness (QED) is 0.697. The van der Waals surface area contributed by atoms with Crippen LogP contribution in [0.4, 0.5) is 10.1 Å². The number of nitrogens with one attached hydrogen (secondary N) is 2. The third-order valence-electron chi connectivity index (χ3n) is 3.42. The monoisotopic (exact) mass is 339 g/mol. The van der Waals surface area contributed by atoms with Crippen LogP contribution in [0.15, 0.2) is 54.6 Å². The van der Waals surface area contributed by atoms with E-state index in [0.717, 1.165) is 22.7 Å². The highest BCUT2D eigenvalue weighted by Crippen LogP contribution is 2.21. The molecule has 1 heterocycles. The van der Waals surface area contributed by atoms with Gasteiger partial charge in [0.15, 0.2) is 5.11 Å². The van der Waals surface area contributed by atoms with Crippen LogP contribution in [0.5, 0.6) is 0 Å². The Morgan fingerprint density at radius 2 is 1.92 bits per heavy atom. The fourth-order valence-electron chi connectivity index (χ4n) is 2.30. The van der Waals surface area contributed by atoms with Gasteiger partial charge >= 0.3 is 0 Å². The van der Waals surface area contributed by atoms with Crippen LogP contribution >= 0.6 is 12.2 Å². The number of nitrogens with zero attached hydrogens (tertiary/aromatic N) is 1. The molecule has 1 aromatic heterocycles. The van der Waals surface area contributed by atoms with Crippen molar-refractivity contribution in [2.24, 2.45) is 0 Å². The summed E-state index contributed by atoms with van der Waals surface area (Å²) in [5, 5.41) is 6.60. The smallest absolute Gasteiger partial charge is 0.257 e. The Morgan fingerprint density at radius 1 is 1.12 bits per heavy atom. The summed E-state index contributed by atoms with van der Waals surface area (Å²) in [5.41, 5.74) is 2.54. The fraction of sp³-hybridized carbons (Fsp3) is 0.0556. The number of carbonyl (C=O) groups excluding carboxylic acids is 1. The molecule has 0 saturated heterocycles. The van der Waals surface area contributed by atoms with Gasteiger partial charge in [-0.05, 0) is 49.5 Å². The van der Waals surface area contributed by atoms with Crippen molar-refractivity contribution >= 4 is 39.8 Å². The number of carbonyl (C=O) groups is 1. The van der Waals surface area contributed by atoms with Gasteiger partial charge in [0.2, 0.25) is 0 Å². The van der Waals surface area contributed by atoms with E-state index in [2.05, 4.69) is 15.6 Å². The van der Waals surface area contributed by atoms with Crippen LogP contribution in [0.3, 0.4) is 0 Å². The van der Waals surface area contributed by atoms with E-state index in [1.165, 1.54) is 18.2 Å². The van der Waals surface area contributed by atoms with E-state index in [-0.39, 0.29) is 10.7 Å². The molecule has 0 spiro atoms. The zero-order valence-electron chi connectivity index (χ0n) is 12.8. The molecule has 0 radical (unpaired) electrons. The van der Waals surface area contributed by atoms with Crippen LogP contribution in [0, 0.1) is 12.7 Å². The minimum absolute atomic E-state index is 0.125. The number of aromatic nitrogens is 1. The zero-order chi connectivity index (χ0) is 17.1.